The Morgan fingerprint density at radius 1 is 1.38 bits per heavy atom. The number of aliphatic hydroxyl groups is 1. The average molecular weight is 181 g/mol. The predicted molar refractivity (Wildman–Crippen MR) is 53.5 cm³/mol. The van der Waals surface area contributed by atoms with Crippen LogP contribution >= 0.6 is 0 Å². The maximum atomic E-state index is 10.3. The molecular weight excluding hydrogens is 162 g/mol. The number of rotatable bonds is 1. The Bertz CT molecular complexity index is 234. The van der Waals surface area contributed by atoms with Gasteiger partial charge >= 0.3 is 0 Å². The Hall–Kier alpha value is -0.340. The number of nitrogens with one attached hydrogen (secondary N) is 1. The van der Waals surface area contributed by atoms with Crippen LogP contribution < -0.4 is 5.32 Å². The largest absolute Gasteiger partial charge is 0.390 e. The lowest BCUT2D eigenvalue weighted by molar-refractivity contribution is -0.0459. The molecule has 0 saturated heterocycles. The first kappa shape index (κ1) is 9.22. The van der Waals surface area contributed by atoms with E-state index >= 15 is 0 Å². The van der Waals surface area contributed by atoms with E-state index in [1.54, 1.807) is 0 Å². The highest BCUT2D eigenvalue weighted by atomic mass is 16.3. The molecule has 1 aliphatic heterocycles. The lowest BCUT2D eigenvalue weighted by Crippen LogP contribution is -2.51. The van der Waals surface area contributed by atoms with E-state index in [0.29, 0.717) is 6.04 Å². The number of hydrogen-bond acceptors (Lipinski definition) is 2. The van der Waals surface area contributed by atoms with Crippen molar-refractivity contribution < 1.29 is 5.11 Å². The van der Waals surface area contributed by atoms with Crippen molar-refractivity contribution >= 4 is 0 Å². The van der Waals surface area contributed by atoms with Crippen molar-refractivity contribution in [1.29, 1.82) is 0 Å². The molecule has 1 fully saturated rings. The second-order valence-corrected chi connectivity index (χ2v) is 4.86. The van der Waals surface area contributed by atoms with Crippen molar-refractivity contribution in [2.45, 2.75) is 44.8 Å². The van der Waals surface area contributed by atoms with E-state index in [-0.39, 0.29) is 5.41 Å². The van der Waals surface area contributed by atoms with Gasteiger partial charge in [0.2, 0.25) is 0 Å². The molecule has 0 radical (unpaired) electrons. The molecule has 3 atom stereocenters. The van der Waals surface area contributed by atoms with Gasteiger partial charge in [-0.2, -0.15) is 0 Å². The van der Waals surface area contributed by atoms with Crippen LogP contribution in [0.4, 0.5) is 0 Å². The topological polar surface area (TPSA) is 32.3 Å². The summed E-state index contributed by atoms with van der Waals surface area (Å²) in [4.78, 5) is 0. The molecule has 2 heteroatoms. The molecule has 1 aliphatic carbocycles. The maximum absolute atomic E-state index is 10.3. The third-order valence-electron chi connectivity index (χ3n) is 4.06. The van der Waals surface area contributed by atoms with Gasteiger partial charge in [-0.15, -0.1) is 0 Å². The Balaban J connectivity index is 2.23. The standard InChI is InChI=1S/C11H19NO/c1-10(9-5-3-8-12-9)6-4-7-11(10,2)13/h3,5,9,12-13H,4,6-8H2,1-2H3. The second-order valence-electron chi connectivity index (χ2n) is 4.86. The highest BCUT2D eigenvalue weighted by Crippen LogP contribution is 2.49. The first-order chi connectivity index (χ1) is 6.06. The van der Waals surface area contributed by atoms with Crippen LogP contribution in [0.2, 0.25) is 0 Å². The van der Waals surface area contributed by atoms with E-state index < -0.39 is 5.60 Å². The zero-order chi connectivity index (χ0) is 9.53. The van der Waals surface area contributed by atoms with Crippen LogP contribution in [0.5, 0.6) is 0 Å². The van der Waals surface area contributed by atoms with E-state index in [2.05, 4.69) is 24.4 Å². The zero-order valence-corrected chi connectivity index (χ0v) is 8.51. The van der Waals surface area contributed by atoms with Crippen LogP contribution in [0.1, 0.15) is 33.1 Å². The zero-order valence-electron chi connectivity index (χ0n) is 8.51. The lowest BCUT2D eigenvalue weighted by atomic mass is 9.71. The van der Waals surface area contributed by atoms with Crippen molar-refractivity contribution in [3.63, 3.8) is 0 Å². The fourth-order valence-electron chi connectivity index (χ4n) is 2.75. The molecule has 2 nitrogen and oxygen atoms in total. The Kier molecular flexibility index (Phi) is 2.00. The van der Waals surface area contributed by atoms with Crippen LogP contribution in [-0.2, 0) is 0 Å². The molecule has 1 heterocycles. The molecule has 13 heavy (non-hydrogen) atoms. The molecule has 0 aromatic carbocycles. The Morgan fingerprint density at radius 3 is 2.62 bits per heavy atom. The normalized spacial score (nSPS) is 50.2. The molecule has 0 aromatic rings. The first-order valence-electron chi connectivity index (χ1n) is 5.19. The van der Waals surface area contributed by atoms with Crippen molar-refractivity contribution in [1.82, 2.24) is 5.32 Å². The summed E-state index contributed by atoms with van der Waals surface area (Å²) in [6.45, 7) is 5.14. The molecule has 0 spiro atoms. The molecule has 74 valence electrons. The van der Waals surface area contributed by atoms with Gasteiger partial charge in [-0.1, -0.05) is 19.1 Å². The Labute approximate surface area is 80.0 Å². The van der Waals surface area contributed by atoms with Crippen molar-refractivity contribution in [2.24, 2.45) is 5.41 Å². The van der Waals surface area contributed by atoms with E-state index in [1.807, 2.05) is 6.92 Å². The summed E-state index contributed by atoms with van der Waals surface area (Å²) in [7, 11) is 0. The third-order valence-corrected chi connectivity index (χ3v) is 4.06. The summed E-state index contributed by atoms with van der Waals surface area (Å²) in [6.07, 6.45) is 7.58. The van der Waals surface area contributed by atoms with E-state index in [9.17, 15) is 5.11 Å². The van der Waals surface area contributed by atoms with Crippen molar-refractivity contribution in [3.05, 3.63) is 12.2 Å². The second kappa shape index (κ2) is 2.82. The van der Waals surface area contributed by atoms with Gasteiger partial charge in [0, 0.05) is 18.0 Å². The molecular formula is C11H19NO. The molecule has 0 bridgehead atoms. The predicted octanol–water partition coefficient (Wildman–Crippen LogP) is 1.46. The van der Waals surface area contributed by atoms with Gasteiger partial charge in [0.1, 0.15) is 0 Å². The number of hydrogen-bond donors (Lipinski definition) is 2. The minimum absolute atomic E-state index is 0.0278. The minimum Gasteiger partial charge on any atom is -0.390 e. The summed E-state index contributed by atoms with van der Waals surface area (Å²) >= 11 is 0. The van der Waals surface area contributed by atoms with Crippen molar-refractivity contribution in [3.8, 4) is 0 Å². The first-order valence-corrected chi connectivity index (χ1v) is 5.19. The average Bonchev–Trinajstić information content (AvgIpc) is 2.61. The van der Waals surface area contributed by atoms with Gasteiger partial charge in [-0.05, 0) is 26.2 Å². The molecule has 2 rings (SSSR count). The van der Waals surface area contributed by atoms with Crippen LogP contribution in [-0.4, -0.2) is 23.3 Å². The van der Waals surface area contributed by atoms with Gasteiger partial charge in [0.25, 0.3) is 0 Å². The van der Waals surface area contributed by atoms with Gasteiger partial charge in [0.05, 0.1) is 5.60 Å². The monoisotopic (exact) mass is 181 g/mol. The molecule has 1 saturated carbocycles. The van der Waals surface area contributed by atoms with Gasteiger partial charge in [0.15, 0.2) is 0 Å². The highest BCUT2D eigenvalue weighted by Gasteiger charge is 2.51. The molecule has 3 unspecified atom stereocenters. The summed E-state index contributed by atoms with van der Waals surface area (Å²) in [6, 6.07) is 0.366. The van der Waals surface area contributed by atoms with Gasteiger partial charge < -0.3 is 10.4 Å². The fourth-order valence-corrected chi connectivity index (χ4v) is 2.75. The summed E-state index contributed by atoms with van der Waals surface area (Å²) in [5.41, 5.74) is -0.473. The third kappa shape index (κ3) is 1.24. The van der Waals surface area contributed by atoms with Crippen LogP contribution in [0.15, 0.2) is 12.2 Å². The van der Waals surface area contributed by atoms with Gasteiger partial charge in [-0.25, -0.2) is 0 Å². The van der Waals surface area contributed by atoms with Crippen molar-refractivity contribution in [2.75, 3.05) is 6.54 Å². The van der Waals surface area contributed by atoms with Gasteiger partial charge in [-0.3, -0.25) is 0 Å². The molecule has 0 amide bonds. The SMILES string of the molecule is CC1(O)CCCC1(C)C1C=CCN1. The van der Waals surface area contributed by atoms with Crippen LogP contribution in [0.3, 0.4) is 0 Å². The van der Waals surface area contributed by atoms with Crippen LogP contribution in [0, 0.1) is 5.41 Å². The smallest absolute Gasteiger partial charge is 0.0691 e. The van der Waals surface area contributed by atoms with E-state index in [1.165, 1.54) is 0 Å². The maximum Gasteiger partial charge on any atom is 0.0691 e. The lowest BCUT2D eigenvalue weighted by Gasteiger charge is -2.41. The fraction of sp³-hybridized carbons (Fsp3) is 0.818. The summed E-state index contributed by atoms with van der Waals surface area (Å²) < 4.78 is 0. The summed E-state index contributed by atoms with van der Waals surface area (Å²) in [5, 5.41) is 13.7. The molecule has 0 aromatic heterocycles. The Morgan fingerprint density at radius 2 is 2.15 bits per heavy atom. The molecule has 2 aliphatic rings. The molecule has 2 N–H and O–H groups in total. The minimum atomic E-state index is -0.501. The quantitative estimate of drug-likeness (QED) is 0.600. The van der Waals surface area contributed by atoms with E-state index in [4.69, 9.17) is 0 Å². The summed E-state index contributed by atoms with van der Waals surface area (Å²) in [5.74, 6) is 0. The van der Waals surface area contributed by atoms with E-state index in [0.717, 1.165) is 25.8 Å². The van der Waals surface area contributed by atoms with Crippen LogP contribution in [0.25, 0.3) is 0 Å². The highest BCUT2D eigenvalue weighted by molar-refractivity contribution is 5.15.